The second-order valence-corrected chi connectivity index (χ2v) is 15.7. The molecule has 0 unspecified atom stereocenters. The maximum Gasteiger partial charge on any atom is 0.0541 e. The molecule has 0 aliphatic carbocycles. The van der Waals surface area contributed by atoms with Crippen LogP contribution in [0.5, 0.6) is 0 Å². The van der Waals surface area contributed by atoms with E-state index in [9.17, 15) is 0 Å². The third-order valence-electron chi connectivity index (χ3n) is 11.2. The molecule has 2 aromatic heterocycles. The first kappa shape index (κ1) is 33.2. The van der Waals surface area contributed by atoms with E-state index in [0.717, 1.165) is 22.6 Å². The van der Waals surface area contributed by atoms with Crippen LogP contribution < -0.4 is 5.32 Å². The van der Waals surface area contributed by atoms with E-state index in [4.69, 9.17) is 0 Å². The average Bonchev–Trinajstić information content (AvgIpc) is 3.82. The fourth-order valence-corrected chi connectivity index (χ4v) is 9.54. The Morgan fingerprint density at radius 3 is 1.74 bits per heavy atom. The molecule has 268 valence electrons. The average molecular weight is 745 g/mol. The summed E-state index contributed by atoms with van der Waals surface area (Å²) in [5.74, 6) is 0. The number of aromatic nitrogens is 1. The summed E-state index contributed by atoms with van der Waals surface area (Å²) in [4.78, 5) is 0. The minimum absolute atomic E-state index is 1.05. The third kappa shape index (κ3) is 5.97. The summed E-state index contributed by atoms with van der Waals surface area (Å²) in [6.45, 7) is 0. The summed E-state index contributed by atoms with van der Waals surface area (Å²) in [6.07, 6.45) is 0. The number of thiophene rings is 1. The molecular weight excluding hydrogens is 709 g/mol. The highest BCUT2D eigenvalue weighted by atomic mass is 32.1. The van der Waals surface area contributed by atoms with Crippen molar-refractivity contribution in [2.45, 2.75) is 0 Å². The normalized spacial score (nSPS) is 11.5. The summed E-state index contributed by atoms with van der Waals surface area (Å²) < 4.78 is 5.00. The van der Waals surface area contributed by atoms with Crippen LogP contribution in [0, 0.1) is 0 Å². The van der Waals surface area contributed by atoms with Crippen LogP contribution in [0.25, 0.3) is 92.2 Å². The first-order chi connectivity index (χ1) is 28.2. The summed E-state index contributed by atoms with van der Waals surface area (Å²) in [5.41, 5.74) is 15.2. The first-order valence-electron chi connectivity index (χ1n) is 19.4. The van der Waals surface area contributed by atoms with Crippen molar-refractivity contribution in [1.29, 1.82) is 0 Å². The molecule has 0 amide bonds. The Bertz CT molecular complexity index is 3250. The summed E-state index contributed by atoms with van der Waals surface area (Å²) in [6, 6.07) is 77.0. The van der Waals surface area contributed by atoms with E-state index in [1.165, 1.54) is 80.9 Å². The molecule has 9 aromatic carbocycles. The molecule has 0 radical (unpaired) electrons. The van der Waals surface area contributed by atoms with Gasteiger partial charge in [0.1, 0.15) is 0 Å². The highest BCUT2D eigenvalue weighted by Crippen LogP contribution is 2.42. The van der Waals surface area contributed by atoms with E-state index >= 15 is 0 Å². The summed E-state index contributed by atoms with van der Waals surface area (Å²) in [5, 5.41) is 8.92. The van der Waals surface area contributed by atoms with Gasteiger partial charge in [-0.1, -0.05) is 146 Å². The van der Waals surface area contributed by atoms with Gasteiger partial charge >= 0.3 is 0 Å². The Balaban J connectivity index is 1.03. The number of nitrogens with one attached hydrogen (secondary N) is 1. The predicted molar refractivity (Wildman–Crippen MR) is 245 cm³/mol. The maximum atomic E-state index is 3.82. The van der Waals surface area contributed by atoms with E-state index < -0.39 is 0 Å². The minimum atomic E-state index is 1.05. The van der Waals surface area contributed by atoms with Gasteiger partial charge in [-0.2, -0.15) is 0 Å². The quantitative estimate of drug-likeness (QED) is 0.172. The van der Waals surface area contributed by atoms with Gasteiger partial charge in [-0.25, -0.2) is 0 Å². The lowest BCUT2D eigenvalue weighted by Gasteiger charge is -2.16. The van der Waals surface area contributed by atoms with Gasteiger partial charge in [0.15, 0.2) is 0 Å². The molecule has 11 rings (SSSR count). The summed E-state index contributed by atoms with van der Waals surface area (Å²) >= 11 is 1.86. The molecule has 0 bridgehead atoms. The third-order valence-corrected chi connectivity index (χ3v) is 12.3. The summed E-state index contributed by atoms with van der Waals surface area (Å²) in [7, 11) is 0. The number of hydrogen-bond acceptors (Lipinski definition) is 2. The SMILES string of the molecule is c1ccc(-c2ccc(-n3c4ccccc4c4cc(-c5ccc(Nc6cccc(-c7ccccc7)c6)c(-c6ccc7c(c6)sc6ccccc67)c5)ccc43)cc2)cc1. The largest absolute Gasteiger partial charge is 0.355 e. The molecule has 1 N–H and O–H groups in total. The number of anilines is 2. The lowest BCUT2D eigenvalue weighted by Crippen LogP contribution is -1.95. The zero-order chi connectivity index (χ0) is 37.7. The molecule has 0 aliphatic heterocycles. The van der Waals surface area contributed by atoms with Crippen molar-refractivity contribution in [3.05, 3.63) is 212 Å². The topological polar surface area (TPSA) is 17.0 Å². The van der Waals surface area contributed by atoms with Crippen molar-refractivity contribution < 1.29 is 0 Å². The van der Waals surface area contributed by atoms with Crippen molar-refractivity contribution in [3.63, 3.8) is 0 Å². The second-order valence-electron chi connectivity index (χ2n) is 14.6. The molecule has 0 atom stereocenters. The molecule has 0 fully saturated rings. The monoisotopic (exact) mass is 744 g/mol. The van der Waals surface area contributed by atoms with Crippen molar-refractivity contribution in [1.82, 2.24) is 4.57 Å². The van der Waals surface area contributed by atoms with Crippen molar-refractivity contribution in [2.75, 3.05) is 5.32 Å². The van der Waals surface area contributed by atoms with Gasteiger partial charge in [0.05, 0.1) is 11.0 Å². The number of para-hydroxylation sites is 1. The minimum Gasteiger partial charge on any atom is -0.355 e. The van der Waals surface area contributed by atoms with Crippen LogP contribution in [-0.4, -0.2) is 4.57 Å². The molecule has 2 heterocycles. The van der Waals surface area contributed by atoms with E-state index in [2.05, 4.69) is 222 Å². The van der Waals surface area contributed by atoms with Gasteiger partial charge in [-0.15, -0.1) is 11.3 Å². The standard InChI is InChI=1S/C54H36N2S/c1-3-12-36(13-4-1)38-22-27-44(28-23-38)56-51-20-9-7-18-45(51)49-34-41(26-31-52(49)56)40-25-30-50(55-43-17-11-16-39(32-43)37-14-5-2-6-15-37)48(33-40)42-24-29-47-46-19-8-10-21-53(46)57-54(47)35-42/h1-35,55H. The van der Waals surface area contributed by atoms with Gasteiger partial charge < -0.3 is 9.88 Å². The van der Waals surface area contributed by atoms with Crippen LogP contribution in [0.15, 0.2) is 212 Å². The number of hydrogen-bond donors (Lipinski definition) is 1. The van der Waals surface area contributed by atoms with E-state index in [1.807, 2.05) is 11.3 Å². The maximum absolute atomic E-state index is 3.82. The number of benzene rings is 9. The highest BCUT2D eigenvalue weighted by molar-refractivity contribution is 7.25. The van der Waals surface area contributed by atoms with Crippen LogP contribution in [-0.2, 0) is 0 Å². The molecular formula is C54H36N2S. The van der Waals surface area contributed by atoms with Crippen molar-refractivity contribution in [2.24, 2.45) is 0 Å². The second kappa shape index (κ2) is 13.8. The van der Waals surface area contributed by atoms with Gasteiger partial charge in [-0.05, 0) is 106 Å². The fourth-order valence-electron chi connectivity index (χ4n) is 8.39. The smallest absolute Gasteiger partial charge is 0.0541 e. The first-order valence-corrected chi connectivity index (χ1v) is 20.2. The molecule has 0 aliphatic rings. The predicted octanol–water partition coefficient (Wildman–Crippen LogP) is 15.6. The molecule has 57 heavy (non-hydrogen) atoms. The zero-order valence-electron chi connectivity index (χ0n) is 31.1. The molecule has 0 saturated carbocycles. The van der Waals surface area contributed by atoms with Crippen LogP contribution in [0.2, 0.25) is 0 Å². The van der Waals surface area contributed by atoms with Gasteiger partial charge in [-0.3, -0.25) is 0 Å². The van der Waals surface area contributed by atoms with Crippen molar-refractivity contribution >= 4 is 64.7 Å². The lowest BCUT2D eigenvalue weighted by molar-refractivity contribution is 1.18. The molecule has 0 saturated heterocycles. The van der Waals surface area contributed by atoms with Crippen LogP contribution in [0.1, 0.15) is 0 Å². The Morgan fingerprint density at radius 2 is 0.912 bits per heavy atom. The highest BCUT2D eigenvalue weighted by Gasteiger charge is 2.16. The number of nitrogens with zero attached hydrogens (tertiary/aromatic N) is 1. The van der Waals surface area contributed by atoms with Crippen LogP contribution >= 0.6 is 11.3 Å². The Kier molecular flexibility index (Phi) is 8.04. The zero-order valence-corrected chi connectivity index (χ0v) is 31.9. The Hall–Kier alpha value is -7.20. The number of rotatable bonds is 7. The van der Waals surface area contributed by atoms with Gasteiger partial charge in [0.25, 0.3) is 0 Å². The lowest BCUT2D eigenvalue weighted by atomic mass is 9.95. The molecule has 2 nitrogen and oxygen atoms in total. The molecule has 11 aromatic rings. The molecule has 0 spiro atoms. The van der Waals surface area contributed by atoms with Crippen molar-refractivity contribution in [3.8, 4) is 50.2 Å². The van der Waals surface area contributed by atoms with Crippen LogP contribution in [0.4, 0.5) is 11.4 Å². The van der Waals surface area contributed by atoms with E-state index in [0.29, 0.717) is 0 Å². The van der Waals surface area contributed by atoms with E-state index in [-0.39, 0.29) is 0 Å². The molecule has 3 heteroatoms. The van der Waals surface area contributed by atoms with Crippen LogP contribution in [0.3, 0.4) is 0 Å². The fraction of sp³-hybridized carbons (Fsp3) is 0. The van der Waals surface area contributed by atoms with E-state index in [1.54, 1.807) is 0 Å². The van der Waals surface area contributed by atoms with Gasteiger partial charge in [0.2, 0.25) is 0 Å². The Labute approximate surface area is 335 Å². The number of fused-ring (bicyclic) bond motifs is 6. The van der Waals surface area contributed by atoms with Gasteiger partial charge in [0, 0.05) is 53.6 Å². The Morgan fingerprint density at radius 1 is 0.333 bits per heavy atom.